The number of ether oxygens (including phenoxy) is 1. The molecule has 0 atom stereocenters. The molecule has 6 heteroatoms. The monoisotopic (exact) mass is 204 g/mol. The molecule has 6 nitrogen and oxygen atoms in total. The molecule has 2 N–H and O–H groups in total. The van der Waals surface area contributed by atoms with E-state index in [2.05, 4.69) is 4.74 Å². The molecule has 0 aliphatic carbocycles. The molecule has 0 fully saturated rings. The highest BCUT2D eigenvalue weighted by molar-refractivity contribution is 5.92. The third-order valence-electron chi connectivity index (χ3n) is 1.41. The largest absolute Gasteiger partial charge is 0.450 e. The molecule has 0 aliphatic rings. The fourth-order valence-corrected chi connectivity index (χ4v) is 0.815. The zero-order chi connectivity index (χ0) is 11.0. The third kappa shape index (κ3) is 6.38. The number of likely N-dealkylation sites (N-methyl/N-ethyl adjacent to an activating group) is 1. The van der Waals surface area contributed by atoms with Crippen LogP contribution in [0.5, 0.6) is 0 Å². The van der Waals surface area contributed by atoms with Gasteiger partial charge in [-0.3, -0.25) is 15.0 Å². The lowest BCUT2D eigenvalue weighted by atomic mass is 10.5. The quantitative estimate of drug-likeness (QED) is 0.612. The zero-order valence-electron chi connectivity index (χ0n) is 8.45. The highest BCUT2D eigenvalue weighted by atomic mass is 16.5. The Labute approximate surface area is 82.8 Å². The number of aliphatic hydroxyl groups is 1. The predicted molar refractivity (Wildman–Crippen MR) is 49.7 cm³/mol. The lowest BCUT2D eigenvalue weighted by Gasteiger charge is -2.13. The maximum absolute atomic E-state index is 11.1. The van der Waals surface area contributed by atoms with Gasteiger partial charge >= 0.3 is 6.09 Å². The van der Waals surface area contributed by atoms with Gasteiger partial charge in [0.2, 0.25) is 5.91 Å². The van der Waals surface area contributed by atoms with E-state index in [-0.39, 0.29) is 19.8 Å². The van der Waals surface area contributed by atoms with Crippen LogP contribution in [0.25, 0.3) is 0 Å². The number of nitrogens with one attached hydrogen (secondary N) is 1. The average Bonchev–Trinajstić information content (AvgIpc) is 2.03. The molecule has 0 aliphatic heterocycles. The second kappa shape index (κ2) is 7.28. The summed E-state index contributed by atoms with van der Waals surface area (Å²) in [5.41, 5.74) is 0. The summed E-state index contributed by atoms with van der Waals surface area (Å²) >= 11 is 0. The summed E-state index contributed by atoms with van der Waals surface area (Å²) < 4.78 is 4.52. The Hall–Kier alpha value is -1.14. The van der Waals surface area contributed by atoms with E-state index in [4.69, 9.17) is 5.11 Å². The maximum Gasteiger partial charge on any atom is 0.413 e. The maximum atomic E-state index is 11.1. The molecule has 0 aromatic rings. The van der Waals surface area contributed by atoms with Crippen LogP contribution in [0.3, 0.4) is 0 Å². The first-order chi connectivity index (χ1) is 6.60. The Kier molecular flexibility index (Phi) is 6.69. The molecular formula is C8H16N2O4. The SMILES string of the molecule is CCOC(=O)NC(=O)CN(C)CCO. The Morgan fingerprint density at radius 2 is 2.14 bits per heavy atom. The van der Waals surface area contributed by atoms with E-state index in [0.717, 1.165) is 0 Å². The number of carbonyl (C=O) groups is 2. The van der Waals surface area contributed by atoms with Crippen LogP contribution in [-0.2, 0) is 9.53 Å². The van der Waals surface area contributed by atoms with Crippen molar-refractivity contribution in [3.8, 4) is 0 Å². The van der Waals surface area contributed by atoms with Crippen molar-refractivity contribution in [2.24, 2.45) is 0 Å². The second-order valence-electron chi connectivity index (χ2n) is 2.73. The van der Waals surface area contributed by atoms with Crippen LogP contribution in [0.15, 0.2) is 0 Å². The van der Waals surface area contributed by atoms with Gasteiger partial charge in [0.15, 0.2) is 0 Å². The lowest BCUT2D eigenvalue weighted by Crippen LogP contribution is -2.39. The van der Waals surface area contributed by atoms with E-state index in [1.54, 1.807) is 18.9 Å². The fourth-order valence-electron chi connectivity index (χ4n) is 0.815. The van der Waals surface area contributed by atoms with E-state index in [9.17, 15) is 9.59 Å². The first kappa shape index (κ1) is 12.9. The van der Waals surface area contributed by atoms with E-state index in [1.165, 1.54) is 0 Å². The van der Waals surface area contributed by atoms with Gasteiger partial charge < -0.3 is 9.84 Å². The number of hydrogen-bond acceptors (Lipinski definition) is 5. The van der Waals surface area contributed by atoms with Gasteiger partial charge in [-0.1, -0.05) is 0 Å². The van der Waals surface area contributed by atoms with E-state index in [0.29, 0.717) is 6.54 Å². The Bertz CT molecular complexity index is 196. The number of carbonyl (C=O) groups excluding carboxylic acids is 2. The summed E-state index contributed by atoms with van der Waals surface area (Å²) in [6.45, 7) is 2.30. The van der Waals surface area contributed by atoms with E-state index < -0.39 is 12.0 Å². The molecule has 0 saturated carbocycles. The molecule has 0 heterocycles. The van der Waals surface area contributed by atoms with E-state index >= 15 is 0 Å². The van der Waals surface area contributed by atoms with Gasteiger partial charge in [0.1, 0.15) is 0 Å². The molecule has 2 amide bonds. The second-order valence-corrected chi connectivity index (χ2v) is 2.73. The van der Waals surface area contributed by atoms with Crippen molar-refractivity contribution in [2.45, 2.75) is 6.92 Å². The minimum atomic E-state index is -0.741. The van der Waals surface area contributed by atoms with Gasteiger partial charge in [-0.05, 0) is 14.0 Å². The lowest BCUT2D eigenvalue weighted by molar-refractivity contribution is -0.121. The molecular weight excluding hydrogens is 188 g/mol. The summed E-state index contributed by atoms with van der Waals surface area (Å²) in [4.78, 5) is 23.4. The summed E-state index contributed by atoms with van der Waals surface area (Å²) in [6, 6.07) is 0. The van der Waals surface area contributed by atoms with Crippen molar-refractivity contribution in [3.63, 3.8) is 0 Å². The van der Waals surface area contributed by atoms with Crippen LogP contribution in [0.1, 0.15) is 6.92 Å². The van der Waals surface area contributed by atoms with Gasteiger partial charge in [0.25, 0.3) is 0 Å². The number of nitrogens with zero attached hydrogens (tertiary/aromatic N) is 1. The predicted octanol–water partition coefficient (Wildman–Crippen LogP) is -0.817. The summed E-state index contributed by atoms with van der Waals surface area (Å²) in [7, 11) is 1.67. The number of amides is 2. The normalized spacial score (nSPS) is 10.0. The van der Waals surface area contributed by atoms with Crippen LogP contribution in [0.4, 0.5) is 4.79 Å². The molecule has 0 aromatic carbocycles. The fraction of sp³-hybridized carbons (Fsp3) is 0.750. The molecule has 82 valence electrons. The summed E-state index contributed by atoms with van der Waals surface area (Å²) in [6.07, 6.45) is -0.741. The third-order valence-corrected chi connectivity index (χ3v) is 1.41. The number of rotatable bonds is 5. The van der Waals surface area contributed by atoms with Crippen LogP contribution < -0.4 is 5.32 Å². The molecule has 0 rings (SSSR count). The van der Waals surface area contributed by atoms with Crippen molar-refractivity contribution in [1.29, 1.82) is 0 Å². The Balaban J connectivity index is 3.69. The smallest absolute Gasteiger partial charge is 0.413 e. The van der Waals surface area contributed by atoms with Gasteiger partial charge in [0.05, 0.1) is 19.8 Å². The minimum Gasteiger partial charge on any atom is -0.450 e. The van der Waals surface area contributed by atoms with Gasteiger partial charge in [-0.2, -0.15) is 0 Å². The standard InChI is InChI=1S/C8H16N2O4/c1-3-14-8(13)9-7(12)6-10(2)4-5-11/h11H,3-6H2,1-2H3,(H,9,12,13). The molecule has 0 bridgehead atoms. The number of imide groups is 1. The molecule has 0 saturated heterocycles. The molecule has 0 unspecified atom stereocenters. The van der Waals surface area contributed by atoms with Crippen LogP contribution in [0.2, 0.25) is 0 Å². The number of alkyl carbamates (subject to hydrolysis) is 1. The first-order valence-electron chi connectivity index (χ1n) is 4.36. The highest BCUT2D eigenvalue weighted by Gasteiger charge is 2.09. The van der Waals surface area contributed by atoms with Crippen LogP contribution in [-0.4, -0.2) is 55.4 Å². The summed E-state index contributed by atoms with van der Waals surface area (Å²) in [5, 5.41) is 10.6. The van der Waals surface area contributed by atoms with Crippen LogP contribution >= 0.6 is 0 Å². The molecule has 0 spiro atoms. The van der Waals surface area contributed by atoms with Crippen molar-refractivity contribution in [3.05, 3.63) is 0 Å². The Morgan fingerprint density at radius 3 is 2.64 bits per heavy atom. The molecule has 0 aromatic heterocycles. The number of aliphatic hydroxyl groups excluding tert-OH is 1. The van der Waals surface area contributed by atoms with Gasteiger partial charge in [0, 0.05) is 6.54 Å². The minimum absolute atomic E-state index is 0.0246. The van der Waals surface area contributed by atoms with Crippen LogP contribution in [0, 0.1) is 0 Å². The van der Waals surface area contributed by atoms with Crippen molar-refractivity contribution >= 4 is 12.0 Å². The molecule has 0 radical (unpaired) electrons. The molecule has 14 heavy (non-hydrogen) atoms. The summed E-state index contributed by atoms with van der Waals surface area (Å²) in [5.74, 6) is -0.445. The topological polar surface area (TPSA) is 78.9 Å². The van der Waals surface area contributed by atoms with Crippen molar-refractivity contribution in [1.82, 2.24) is 10.2 Å². The van der Waals surface area contributed by atoms with Gasteiger partial charge in [-0.25, -0.2) is 4.79 Å². The average molecular weight is 204 g/mol. The number of hydrogen-bond donors (Lipinski definition) is 2. The highest BCUT2D eigenvalue weighted by Crippen LogP contribution is 1.82. The Morgan fingerprint density at radius 1 is 1.50 bits per heavy atom. The first-order valence-corrected chi connectivity index (χ1v) is 4.36. The van der Waals surface area contributed by atoms with Crippen molar-refractivity contribution < 1.29 is 19.4 Å². The van der Waals surface area contributed by atoms with Gasteiger partial charge in [-0.15, -0.1) is 0 Å². The van der Waals surface area contributed by atoms with E-state index in [1.807, 2.05) is 5.32 Å². The van der Waals surface area contributed by atoms with Crippen molar-refractivity contribution in [2.75, 3.05) is 33.4 Å². The zero-order valence-corrected chi connectivity index (χ0v) is 8.45.